The van der Waals surface area contributed by atoms with Gasteiger partial charge < -0.3 is 19.6 Å². The highest BCUT2D eigenvalue weighted by atomic mass is 16.5. The van der Waals surface area contributed by atoms with Crippen LogP contribution in [0.2, 0.25) is 0 Å². The van der Waals surface area contributed by atoms with Crippen LogP contribution in [-0.4, -0.2) is 57.3 Å². The Kier molecular flexibility index (Phi) is 5.23. The Hall–Kier alpha value is -2.86. The number of carboxylic acids is 1. The number of carboxylic acid groups (broad SMARTS) is 1. The lowest BCUT2D eigenvalue weighted by atomic mass is 9.97. The molecule has 0 aliphatic carbocycles. The van der Waals surface area contributed by atoms with Crippen LogP contribution in [0.5, 0.6) is 0 Å². The van der Waals surface area contributed by atoms with Gasteiger partial charge in [-0.2, -0.15) is 0 Å². The molecule has 1 N–H and O–H groups in total. The van der Waals surface area contributed by atoms with E-state index in [0.29, 0.717) is 31.9 Å². The quantitative estimate of drug-likeness (QED) is 0.832. The largest absolute Gasteiger partial charge is 0.478 e. The number of hydrogen-bond donors (Lipinski definition) is 1. The van der Waals surface area contributed by atoms with E-state index in [2.05, 4.69) is 4.90 Å². The van der Waals surface area contributed by atoms with Crippen molar-refractivity contribution >= 4 is 23.1 Å². The van der Waals surface area contributed by atoms with E-state index in [9.17, 15) is 14.7 Å². The van der Waals surface area contributed by atoms with Crippen molar-refractivity contribution in [3.05, 3.63) is 59.2 Å². The second-order valence-corrected chi connectivity index (χ2v) is 6.40. The number of ketones is 1. The molecule has 0 aromatic heterocycles. The Morgan fingerprint density at radius 1 is 1.00 bits per heavy atom. The van der Waals surface area contributed by atoms with Gasteiger partial charge in [-0.05, 0) is 42.5 Å². The predicted molar refractivity (Wildman–Crippen MR) is 101 cm³/mol. The molecule has 0 amide bonds. The first-order valence-electron chi connectivity index (χ1n) is 8.49. The van der Waals surface area contributed by atoms with Crippen molar-refractivity contribution < 1.29 is 19.4 Å². The van der Waals surface area contributed by atoms with E-state index in [0.717, 1.165) is 11.4 Å². The molecular weight excluding hydrogens is 332 g/mol. The number of ether oxygens (including phenoxy) is 1. The first kappa shape index (κ1) is 17.9. The van der Waals surface area contributed by atoms with Gasteiger partial charge in [0.05, 0.1) is 18.8 Å². The van der Waals surface area contributed by atoms with E-state index < -0.39 is 5.97 Å². The van der Waals surface area contributed by atoms with Gasteiger partial charge in [0.15, 0.2) is 5.78 Å². The number of carbonyl (C=O) groups excluding carboxylic acids is 1. The predicted octanol–water partition coefficient (Wildman–Crippen LogP) is 2.52. The summed E-state index contributed by atoms with van der Waals surface area (Å²) in [6.45, 7) is 2.64. The molecule has 6 heteroatoms. The fourth-order valence-corrected chi connectivity index (χ4v) is 2.99. The van der Waals surface area contributed by atoms with Crippen LogP contribution in [0.15, 0.2) is 42.5 Å². The van der Waals surface area contributed by atoms with Gasteiger partial charge in [0.1, 0.15) is 0 Å². The van der Waals surface area contributed by atoms with Crippen LogP contribution in [0.25, 0.3) is 0 Å². The van der Waals surface area contributed by atoms with Crippen molar-refractivity contribution in [1.82, 2.24) is 0 Å². The van der Waals surface area contributed by atoms with E-state index in [1.165, 1.54) is 0 Å². The van der Waals surface area contributed by atoms with Gasteiger partial charge in [-0.1, -0.05) is 0 Å². The number of anilines is 2. The van der Waals surface area contributed by atoms with Crippen molar-refractivity contribution in [1.29, 1.82) is 0 Å². The maximum atomic E-state index is 12.8. The number of aromatic carboxylic acids is 1. The molecule has 0 spiro atoms. The summed E-state index contributed by atoms with van der Waals surface area (Å²) >= 11 is 0. The van der Waals surface area contributed by atoms with E-state index in [1.807, 2.05) is 31.1 Å². The highest BCUT2D eigenvalue weighted by Crippen LogP contribution is 2.24. The van der Waals surface area contributed by atoms with Gasteiger partial charge in [-0.3, -0.25) is 4.79 Å². The Labute approximate surface area is 152 Å². The smallest absolute Gasteiger partial charge is 0.336 e. The number of carbonyl (C=O) groups is 2. The first-order valence-corrected chi connectivity index (χ1v) is 8.49. The molecule has 2 aromatic carbocycles. The summed E-state index contributed by atoms with van der Waals surface area (Å²) in [5.41, 5.74) is 2.47. The molecule has 26 heavy (non-hydrogen) atoms. The van der Waals surface area contributed by atoms with Crippen molar-refractivity contribution in [2.24, 2.45) is 0 Å². The van der Waals surface area contributed by atoms with Crippen molar-refractivity contribution in [2.45, 2.75) is 0 Å². The summed E-state index contributed by atoms with van der Waals surface area (Å²) < 4.78 is 5.33. The average Bonchev–Trinajstić information content (AvgIpc) is 2.67. The van der Waals surface area contributed by atoms with Crippen molar-refractivity contribution in [2.75, 3.05) is 50.2 Å². The van der Waals surface area contributed by atoms with Crippen LogP contribution >= 0.6 is 0 Å². The van der Waals surface area contributed by atoms with Gasteiger partial charge in [0, 0.05) is 49.7 Å². The third-order valence-corrected chi connectivity index (χ3v) is 4.50. The van der Waals surface area contributed by atoms with Crippen LogP contribution < -0.4 is 9.80 Å². The molecular formula is C20H22N2O4. The average molecular weight is 354 g/mol. The fourth-order valence-electron chi connectivity index (χ4n) is 2.99. The molecule has 0 radical (unpaired) electrons. The number of nitrogens with zero attached hydrogens (tertiary/aromatic N) is 2. The van der Waals surface area contributed by atoms with Gasteiger partial charge >= 0.3 is 5.97 Å². The SMILES string of the molecule is CN(C)c1ccc(C(=O)c2ccc(N3CCOCC3)cc2C(=O)O)cc1. The lowest BCUT2D eigenvalue weighted by molar-refractivity contribution is 0.0693. The summed E-state index contributed by atoms with van der Waals surface area (Å²) in [5.74, 6) is -1.39. The number of hydrogen-bond acceptors (Lipinski definition) is 5. The van der Waals surface area contributed by atoms with Gasteiger partial charge in [0.25, 0.3) is 0 Å². The zero-order valence-electron chi connectivity index (χ0n) is 14.9. The van der Waals surface area contributed by atoms with Crippen LogP contribution in [0.3, 0.4) is 0 Å². The van der Waals surface area contributed by atoms with Crippen LogP contribution in [0.1, 0.15) is 26.3 Å². The topological polar surface area (TPSA) is 70.1 Å². The third-order valence-electron chi connectivity index (χ3n) is 4.50. The van der Waals surface area contributed by atoms with Gasteiger partial charge in [-0.15, -0.1) is 0 Å². The maximum absolute atomic E-state index is 12.8. The molecule has 0 atom stereocenters. The van der Waals surface area contributed by atoms with Crippen molar-refractivity contribution in [3.63, 3.8) is 0 Å². The molecule has 1 heterocycles. The number of benzene rings is 2. The third kappa shape index (κ3) is 3.70. The summed E-state index contributed by atoms with van der Waals surface area (Å²) in [7, 11) is 3.84. The van der Waals surface area contributed by atoms with Gasteiger partial charge in [-0.25, -0.2) is 4.79 Å². The zero-order valence-corrected chi connectivity index (χ0v) is 14.9. The molecule has 1 saturated heterocycles. The zero-order chi connectivity index (χ0) is 18.7. The van der Waals surface area contributed by atoms with E-state index in [1.54, 1.807) is 30.3 Å². The minimum Gasteiger partial charge on any atom is -0.478 e. The Balaban J connectivity index is 1.92. The Morgan fingerprint density at radius 3 is 2.23 bits per heavy atom. The van der Waals surface area contributed by atoms with Crippen LogP contribution in [0.4, 0.5) is 11.4 Å². The van der Waals surface area contributed by atoms with E-state index >= 15 is 0 Å². The normalized spacial score (nSPS) is 14.2. The summed E-state index contributed by atoms with van der Waals surface area (Å²) in [6.07, 6.45) is 0. The minimum atomic E-state index is -1.10. The molecule has 1 aliphatic heterocycles. The van der Waals surface area contributed by atoms with Crippen LogP contribution in [0, 0.1) is 0 Å². The second-order valence-electron chi connectivity index (χ2n) is 6.40. The van der Waals surface area contributed by atoms with E-state index in [4.69, 9.17) is 4.74 Å². The van der Waals surface area contributed by atoms with E-state index in [-0.39, 0.29) is 16.9 Å². The molecule has 1 fully saturated rings. The fraction of sp³-hybridized carbons (Fsp3) is 0.300. The lowest BCUT2D eigenvalue weighted by Gasteiger charge is -2.29. The van der Waals surface area contributed by atoms with Crippen LogP contribution in [-0.2, 0) is 4.74 Å². The summed E-state index contributed by atoms with van der Waals surface area (Å²) in [6, 6.07) is 12.1. The Morgan fingerprint density at radius 2 is 1.65 bits per heavy atom. The Bertz CT molecular complexity index is 809. The molecule has 1 aliphatic rings. The summed E-state index contributed by atoms with van der Waals surface area (Å²) in [4.78, 5) is 28.6. The highest BCUT2D eigenvalue weighted by molar-refractivity contribution is 6.14. The molecule has 0 bridgehead atoms. The number of morpholine rings is 1. The molecule has 2 aromatic rings. The molecule has 136 valence electrons. The molecule has 0 unspecified atom stereocenters. The highest BCUT2D eigenvalue weighted by Gasteiger charge is 2.21. The molecule has 6 nitrogen and oxygen atoms in total. The second kappa shape index (κ2) is 7.58. The molecule has 3 rings (SSSR count). The lowest BCUT2D eigenvalue weighted by Crippen LogP contribution is -2.36. The standard InChI is InChI=1S/C20H22N2O4/c1-21(2)15-5-3-14(4-6-15)19(23)17-8-7-16(13-18(17)20(24)25)22-9-11-26-12-10-22/h3-8,13H,9-12H2,1-2H3,(H,24,25). The molecule has 0 saturated carbocycles. The van der Waals surface area contributed by atoms with Crippen molar-refractivity contribution in [3.8, 4) is 0 Å². The number of rotatable bonds is 5. The first-order chi connectivity index (χ1) is 12.5. The van der Waals surface area contributed by atoms with Gasteiger partial charge in [0.2, 0.25) is 0 Å². The summed E-state index contributed by atoms with van der Waals surface area (Å²) in [5, 5.41) is 9.60. The monoisotopic (exact) mass is 354 g/mol. The minimum absolute atomic E-state index is 0.0238. The maximum Gasteiger partial charge on any atom is 0.336 e.